The van der Waals surface area contributed by atoms with Gasteiger partial charge in [0, 0.05) is 25.4 Å². The molecule has 1 aliphatic rings. The van der Waals surface area contributed by atoms with E-state index in [1.54, 1.807) is 27.7 Å². The molecule has 1 fully saturated rings. The summed E-state index contributed by atoms with van der Waals surface area (Å²) < 4.78 is 10.1. The minimum Gasteiger partial charge on any atom is -0.466 e. The van der Waals surface area contributed by atoms with Crippen LogP contribution in [-0.4, -0.2) is 48.0 Å². The van der Waals surface area contributed by atoms with Crippen molar-refractivity contribution in [3.63, 3.8) is 0 Å². The molecule has 0 aromatic carbocycles. The third-order valence-electron chi connectivity index (χ3n) is 2.89. The standard InChI is InChI=1S/C14H23NO5/c1-5-19-12(17)8-10-9-15(7-6-11(10)16)13(18)20-14(2,3)4/h10H,5-9H2,1-4H3/t10-/m0/s1. The molecule has 0 unspecified atom stereocenters. The Hall–Kier alpha value is -1.59. The van der Waals surface area contributed by atoms with Crippen LogP contribution in [0.15, 0.2) is 0 Å². The fourth-order valence-electron chi connectivity index (χ4n) is 2.00. The molecule has 114 valence electrons. The van der Waals surface area contributed by atoms with Gasteiger partial charge in [-0.05, 0) is 27.7 Å². The van der Waals surface area contributed by atoms with E-state index in [9.17, 15) is 14.4 Å². The molecule has 0 spiro atoms. The maximum absolute atomic E-state index is 12.0. The fraction of sp³-hybridized carbons (Fsp3) is 0.786. The first-order valence-electron chi connectivity index (χ1n) is 6.89. The van der Waals surface area contributed by atoms with Crippen LogP contribution in [0.2, 0.25) is 0 Å². The second-order valence-corrected chi connectivity index (χ2v) is 5.85. The van der Waals surface area contributed by atoms with Gasteiger partial charge in [-0.2, -0.15) is 0 Å². The zero-order valence-corrected chi connectivity index (χ0v) is 12.6. The smallest absolute Gasteiger partial charge is 0.410 e. The van der Waals surface area contributed by atoms with Crippen molar-refractivity contribution < 1.29 is 23.9 Å². The zero-order valence-electron chi connectivity index (χ0n) is 12.6. The van der Waals surface area contributed by atoms with Crippen molar-refractivity contribution in [1.82, 2.24) is 4.90 Å². The number of carbonyl (C=O) groups is 3. The Morgan fingerprint density at radius 1 is 1.35 bits per heavy atom. The summed E-state index contributed by atoms with van der Waals surface area (Å²) in [6, 6.07) is 0. The van der Waals surface area contributed by atoms with Gasteiger partial charge in [-0.1, -0.05) is 0 Å². The average Bonchev–Trinajstić information content (AvgIpc) is 2.30. The average molecular weight is 285 g/mol. The first-order valence-corrected chi connectivity index (χ1v) is 6.89. The maximum Gasteiger partial charge on any atom is 0.410 e. The van der Waals surface area contributed by atoms with Gasteiger partial charge in [-0.25, -0.2) is 4.79 Å². The topological polar surface area (TPSA) is 72.9 Å². The van der Waals surface area contributed by atoms with E-state index < -0.39 is 23.6 Å². The Morgan fingerprint density at radius 3 is 2.55 bits per heavy atom. The molecule has 0 N–H and O–H groups in total. The molecule has 1 aliphatic heterocycles. The van der Waals surface area contributed by atoms with Crippen molar-refractivity contribution in [1.29, 1.82) is 0 Å². The highest BCUT2D eigenvalue weighted by molar-refractivity contribution is 5.87. The summed E-state index contributed by atoms with van der Waals surface area (Å²) >= 11 is 0. The number of carbonyl (C=O) groups excluding carboxylic acids is 3. The van der Waals surface area contributed by atoms with Crippen molar-refractivity contribution in [2.24, 2.45) is 5.92 Å². The molecule has 0 aromatic rings. The van der Waals surface area contributed by atoms with Gasteiger partial charge >= 0.3 is 12.1 Å². The number of Topliss-reactive ketones (excluding diaryl/α,β-unsaturated/α-hetero) is 1. The van der Waals surface area contributed by atoms with Gasteiger partial charge in [0.15, 0.2) is 0 Å². The van der Waals surface area contributed by atoms with E-state index in [4.69, 9.17) is 9.47 Å². The van der Waals surface area contributed by atoms with Crippen LogP contribution >= 0.6 is 0 Å². The lowest BCUT2D eigenvalue weighted by molar-refractivity contribution is -0.147. The Bertz CT molecular complexity index is 386. The van der Waals surface area contributed by atoms with Crippen LogP contribution in [0.1, 0.15) is 40.5 Å². The second kappa shape index (κ2) is 6.72. The van der Waals surface area contributed by atoms with Gasteiger partial charge in [0.1, 0.15) is 11.4 Å². The molecule has 6 heteroatoms. The number of rotatable bonds is 3. The van der Waals surface area contributed by atoms with Gasteiger partial charge in [-0.3, -0.25) is 9.59 Å². The van der Waals surface area contributed by atoms with Gasteiger partial charge < -0.3 is 14.4 Å². The molecule has 0 aliphatic carbocycles. The quantitative estimate of drug-likeness (QED) is 0.739. The van der Waals surface area contributed by atoms with Gasteiger partial charge in [0.25, 0.3) is 0 Å². The molecule has 1 heterocycles. The van der Waals surface area contributed by atoms with Gasteiger partial charge in [-0.15, -0.1) is 0 Å². The van der Waals surface area contributed by atoms with Crippen LogP contribution in [0, 0.1) is 5.92 Å². The number of ether oxygens (including phenoxy) is 2. The SMILES string of the molecule is CCOC(=O)C[C@H]1CN(C(=O)OC(C)(C)C)CCC1=O. The number of hydrogen-bond acceptors (Lipinski definition) is 5. The maximum atomic E-state index is 12.0. The lowest BCUT2D eigenvalue weighted by Crippen LogP contribution is -2.46. The highest BCUT2D eigenvalue weighted by Crippen LogP contribution is 2.19. The summed E-state index contributed by atoms with van der Waals surface area (Å²) in [5.41, 5.74) is -0.574. The predicted octanol–water partition coefficient (Wildman–Crippen LogP) is 1.77. The summed E-state index contributed by atoms with van der Waals surface area (Å²) in [6.07, 6.45) is -0.172. The molecule has 0 saturated carbocycles. The summed E-state index contributed by atoms with van der Waals surface area (Å²) in [5, 5.41) is 0. The largest absolute Gasteiger partial charge is 0.466 e. The third kappa shape index (κ3) is 5.19. The molecule has 20 heavy (non-hydrogen) atoms. The Labute approximate surface area is 119 Å². The highest BCUT2D eigenvalue weighted by Gasteiger charge is 2.33. The van der Waals surface area contributed by atoms with Gasteiger partial charge in [0.2, 0.25) is 0 Å². The number of nitrogens with zero attached hydrogens (tertiary/aromatic N) is 1. The minimum atomic E-state index is -0.574. The lowest BCUT2D eigenvalue weighted by Gasteiger charge is -2.33. The minimum absolute atomic E-state index is 0.00198. The van der Waals surface area contributed by atoms with Crippen LogP contribution < -0.4 is 0 Å². The Kier molecular flexibility index (Phi) is 5.53. The molecule has 1 amide bonds. The fourth-order valence-corrected chi connectivity index (χ4v) is 2.00. The summed E-state index contributed by atoms with van der Waals surface area (Å²) in [4.78, 5) is 36.7. The third-order valence-corrected chi connectivity index (χ3v) is 2.89. The molecule has 0 bridgehead atoms. The Morgan fingerprint density at radius 2 is 2.00 bits per heavy atom. The van der Waals surface area contributed by atoms with Crippen LogP contribution in [0.25, 0.3) is 0 Å². The summed E-state index contributed by atoms with van der Waals surface area (Å²) in [6.45, 7) is 7.92. The zero-order chi connectivity index (χ0) is 15.3. The number of likely N-dealkylation sites (tertiary alicyclic amines) is 1. The van der Waals surface area contributed by atoms with Crippen molar-refractivity contribution in [2.75, 3.05) is 19.7 Å². The predicted molar refractivity (Wildman–Crippen MR) is 72.2 cm³/mol. The Balaban J connectivity index is 2.59. The summed E-state index contributed by atoms with van der Waals surface area (Å²) in [7, 11) is 0. The normalized spacial score (nSPS) is 19.7. The first kappa shape index (κ1) is 16.5. The van der Waals surface area contributed by atoms with Crippen molar-refractivity contribution in [2.45, 2.75) is 46.1 Å². The first-order chi connectivity index (χ1) is 9.23. The number of hydrogen-bond donors (Lipinski definition) is 0. The van der Waals surface area contributed by atoms with E-state index in [1.807, 2.05) is 0 Å². The lowest BCUT2D eigenvalue weighted by atomic mass is 9.93. The van der Waals surface area contributed by atoms with Crippen LogP contribution in [0.5, 0.6) is 0 Å². The highest BCUT2D eigenvalue weighted by atomic mass is 16.6. The van der Waals surface area contributed by atoms with Crippen molar-refractivity contribution >= 4 is 17.8 Å². The monoisotopic (exact) mass is 285 g/mol. The number of amides is 1. The van der Waals surface area contributed by atoms with E-state index >= 15 is 0 Å². The molecular formula is C14H23NO5. The number of ketones is 1. The second-order valence-electron chi connectivity index (χ2n) is 5.85. The molecular weight excluding hydrogens is 262 g/mol. The number of esters is 1. The van der Waals surface area contributed by atoms with Gasteiger partial charge in [0.05, 0.1) is 13.0 Å². The molecule has 0 radical (unpaired) electrons. The molecule has 0 aromatic heterocycles. The van der Waals surface area contributed by atoms with Crippen LogP contribution in [-0.2, 0) is 19.1 Å². The summed E-state index contributed by atoms with van der Waals surface area (Å²) in [5.74, 6) is -0.898. The van der Waals surface area contributed by atoms with E-state index in [-0.39, 0.29) is 31.8 Å². The number of piperidine rings is 1. The van der Waals surface area contributed by atoms with Crippen molar-refractivity contribution in [3.05, 3.63) is 0 Å². The molecule has 6 nitrogen and oxygen atoms in total. The van der Waals surface area contributed by atoms with Crippen LogP contribution in [0.4, 0.5) is 4.79 Å². The van der Waals surface area contributed by atoms with Crippen molar-refractivity contribution in [3.8, 4) is 0 Å². The van der Waals surface area contributed by atoms with Crippen LogP contribution in [0.3, 0.4) is 0 Å². The van der Waals surface area contributed by atoms with E-state index in [1.165, 1.54) is 4.90 Å². The molecule has 1 saturated heterocycles. The molecule has 1 atom stereocenters. The van der Waals surface area contributed by atoms with E-state index in [2.05, 4.69) is 0 Å². The van der Waals surface area contributed by atoms with E-state index in [0.717, 1.165) is 0 Å². The molecule has 1 rings (SSSR count). The van der Waals surface area contributed by atoms with E-state index in [0.29, 0.717) is 6.54 Å².